The molecule has 0 aromatic rings. The Bertz CT molecular complexity index is 717. The number of hydrogen-bond acceptors (Lipinski definition) is 6. The van der Waals surface area contributed by atoms with Crippen LogP contribution in [0.3, 0.4) is 0 Å². The summed E-state index contributed by atoms with van der Waals surface area (Å²) in [5.74, 6) is -1.58. The summed E-state index contributed by atoms with van der Waals surface area (Å²) in [6.07, 6.45) is 16.4. The van der Waals surface area contributed by atoms with Crippen LogP contribution in [0.2, 0.25) is 14.4 Å². The molecule has 29 heavy (non-hydrogen) atoms. The van der Waals surface area contributed by atoms with E-state index < -0.39 is 21.6 Å². The number of carboxylic acid groups (broad SMARTS) is 1. The van der Waals surface area contributed by atoms with E-state index in [-0.39, 0.29) is 101 Å². The molecule has 0 bridgehead atoms. The Morgan fingerprint density at radius 2 is 1.07 bits per heavy atom. The monoisotopic (exact) mass is 670 g/mol. The van der Waals surface area contributed by atoms with Crippen LogP contribution in [0.25, 0.3) is 0 Å². The van der Waals surface area contributed by atoms with Gasteiger partial charge in [0.1, 0.15) is 0 Å². The van der Waals surface area contributed by atoms with Crippen LogP contribution in [0, 0.1) is 0 Å². The third-order valence-electron chi connectivity index (χ3n) is 3.03. The van der Waals surface area contributed by atoms with Crippen LogP contribution in [0.4, 0.5) is 0 Å². The molecule has 0 aromatic heterocycles. The summed E-state index contributed by atoms with van der Waals surface area (Å²) < 4.78 is 10.0. The minimum atomic E-state index is -0.962. The van der Waals surface area contributed by atoms with Crippen molar-refractivity contribution in [2.75, 3.05) is 0 Å². The summed E-state index contributed by atoms with van der Waals surface area (Å²) in [6, 6.07) is 0. The van der Waals surface area contributed by atoms with Gasteiger partial charge in [0.15, 0.2) is 0 Å². The Labute approximate surface area is 216 Å². The van der Waals surface area contributed by atoms with Crippen LogP contribution in [-0.2, 0) is 22.0 Å². The van der Waals surface area contributed by atoms with Crippen molar-refractivity contribution in [2.45, 2.75) is 14.4 Å². The van der Waals surface area contributed by atoms with E-state index in [4.69, 9.17) is 7.64 Å². The van der Waals surface area contributed by atoms with E-state index in [1.165, 1.54) is 0 Å². The topological polar surface area (TPSA) is 92.7 Å². The fourth-order valence-electron chi connectivity index (χ4n) is 1.74. The number of allylic oxidation sites excluding steroid dienone is 6. The molecule has 0 saturated carbocycles. The number of carbonyl (C=O) groups excluding carboxylic acids is 3. The first-order valence-electron chi connectivity index (χ1n) is 7.84. The number of carbonyl (C=O) groups is 3. The van der Waals surface area contributed by atoms with Crippen molar-refractivity contribution < 1.29 is 56.7 Å². The zero-order valence-corrected chi connectivity index (χ0v) is 24.1. The van der Waals surface area contributed by atoms with E-state index in [0.29, 0.717) is 0 Å². The largest absolute Gasteiger partial charge is 1.00 e. The number of rotatable bonds is 5. The summed E-state index contributed by atoms with van der Waals surface area (Å²) in [6.45, 7) is 0. The molecular formula is C18H15NaO6Se4. The molecule has 3 unspecified atom stereocenters. The Balaban J connectivity index is 0.000000355. The maximum atomic E-state index is 11.7. The molecule has 6 nitrogen and oxygen atoms in total. The minimum absolute atomic E-state index is 0. The second-order valence-corrected chi connectivity index (χ2v) is 12.6. The smallest absolute Gasteiger partial charge is 1.00 e. The summed E-state index contributed by atoms with van der Waals surface area (Å²) in [7, 11) is 0. The predicted molar refractivity (Wildman–Crippen MR) is 106 cm³/mol. The molecule has 0 saturated heterocycles. The summed E-state index contributed by atoms with van der Waals surface area (Å²) in [5.41, 5.74) is 0. The normalized spacial score (nSPS) is 23.4. The molecule has 3 aliphatic rings. The van der Waals surface area contributed by atoms with Crippen molar-refractivity contribution in [3.63, 3.8) is 0 Å². The van der Waals surface area contributed by atoms with Crippen molar-refractivity contribution >= 4 is 78.4 Å². The molecule has 148 valence electrons. The molecule has 0 N–H and O–H groups in total. The first kappa shape index (κ1) is 27.0. The van der Waals surface area contributed by atoms with Crippen LogP contribution in [-0.4, -0.2) is 78.4 Å². The van der Waals surface area contributed by atoms with Gasteiger partial charge in [-0.2, -0.15) is 0 Å². The standard InChI is InChI=1S/C12H10O4Se3.C6H6O2Se.Na/c13-11(9-5-1-3-7-17-9)15-19-16-12(14)10-6-2-4-8-18-10;7-6(8)5-3-1-2-4-9-5;/h1-10H;1-5H,(H,7,8);/q;;+1/p-1. The van der Waals surface area contributed by atoms with Gasteiger partial charge in [-0.15, -0.1) is 0 Å². The SMILES string of the molecule is O=C(O[Se]OC(=O)C1C=CC=C[Se]1)C1C=CC=C[Se]1.O=C([O-])C1C=CC=C[Se]1.[Na+]. The molecule has 3 aliphatic heterocycles. The average Bonchev–Trinajstić information content (AvgIpc) is 2.76. The molecule has 0 aromatic carbocycles. The molecule has 3 atom stereocenters. The van der Waals surface area contributed by atoms with Crippen LogP contribution in [0.15, 0.2) is 69.6 Å². The summed E-state index contributed by atoms with van der Waals surface area (Å²) >= 11 is -0.629. The van der Waals surface area contributed by atoms with E-state index in [9.17, 15) is 19.5 Å². The molecule has 0 amide bonds. The van der Waals surface area contributed by atoms with Gasteiger partial charge >= 0.3 is 219 Å². The van der Waals surface area contributed by atoms with E-state index in [1.807, 2.05) is 57.5 Å². The number of hydrogen-bond donors (Lipinski definition) is 0. The molecule has 0 aliphatic carbocycles. The molecule has 3 rings (SSSR count). The average molecular weight is 666 g/mol. The first-order valence-corrected chi connectivity index (χ1v) is 15.2. The second kappa shape index (κ2) is 15.7. The predicted octanol–water partition coefficient (Wildman–Crippen LogP) is -2.92. The van der Waals surface area contributed by atoms with Gasteiger partial charge in [0.05, 0.1) is 0 Å². The van der Waals surface area contributed by atoms with E-state index in [1.54, 1.807) is 12.2 Å². The Morgan fingerprint density at radius 1 is 0.690 bits per heavy atom. The fraction of sp³-hybridized carbons (Fsp3) is 0.167. The number of carboxylic acids is 1. The van der Waals surface area contributed by atoms with Crippen LogP contribution >= 0.6 is 0 Å². The maximum Gasteiger partial charge on any atom is 1.00 e. The van der Waals surface area contributed by atoms with Gasteiger partial charge in [0.2, 0.25) is 0 Å². The Hall–Kier alpha value is -0.0721. The minimum Gasteiger partial charge on any atom is 1.00 e. The van der Waals surface area contributed by atoms with Gasteiger partial charge < -0.3 is 0 Å². The second-order valence-electron chi connectivity index (χ2n) is 5.00. The van der Waals surface area contributed by atoms with Crippen molar-refractivity contribution in [3.8, 4) is 0 Å². The molecule has 0 spiro atoms. The third kappa shape index (κ3) is 10.7. The van der Waals surface area contributed by atoms with Gasteiger partial charge in [-0.1, -0.05) is 0 Å². The van der Waals surface area contributed by atoms with Crippen LogP contribution in [0.5, 0.6) is 0 Å². The van der Waals surface area contributed by atoms with Gasteiger partial charge in [-0.25, -0.2) is 0 Å². The maximum absolute atomic E-state index is 11.7. The summed E-state index contributed by atoms with van der Waals surface area (Å²) in [4.78, 5) is 38.6. The van der Waals surface area contributed by atoms with Crippen molar-refractivity contribution in [2.24, 2.45) is 0 Å². The van der Waals surface area contributed by atoms with Gasteiger partial charge in [-0.3, -0.25) is 0 Å². The molecular weight excluding hydrogens is 651 g/mol. The Morgan fingerprint density at radius 3 is 1.34 bits per heavy atom. The quantitative estimate of drug-likeness (QED) is 0.293. The first-order chi connectivity index (χ1) is 13.6. The van der Waals surface area contributed by atoms with Crippen LogP contribution in [0.1, 0.15) is 0 Å². The van der Waals surface area contributed by atoms with E-state index in [2.05, 4.69) is 0 Å². The molecule has 0 radical (unpaired) electrons. The Kier molecular flexibility index (Phi) is 14.6. The number of aliphatic carboxylic acids is 1. The molecule has 0 fully saturated rings. The van der Waals surface area contributed by atoms with Gasteiger partial charge in [-0.05, 0) is 0 Å². The summed E-state index contributed by atoms with van der Waals surface area (Å²) in [5, 5.41) is 10.2. The van der Waals surface area contributed by atoms with Gasteiger partial charge in [0, 0.05) is 0 Å². The zero-order chi connectivity index (χ0) is 20.2. The fourth-order valence-corrected chi connectivity index (χ4v) is 7.39. The molecule has 11 heteroatoms. The van der Waals surface area contributed by atoms with Crippen LogP contribution < -0.4 is 34.7 Å². The molecule has 3 heterocycles. The van der Waals surface area contributed by atoms with Crippen molar-refractivity contribution in [3.05, 3.63) is 69.6 Å². The van der Waals surface area contributed by atoms with E-state index in [0.717, 1.165) is 0 Å². The van der Waals surface area contributed by atoms with Crippen molar-refractivity contribution in [1.29, 1.82) is 0 Å². The third-order valence-corrected chi connectivity index (χ3v) is 10.0. The van der Waals surface area contributed by atoms with Gasteiger partial charge in [0.25, 0.3) is 0 Å². The van der Waals surface area contributed by atoms with E-state index >= 15 is 0 Å². The van der Waals surface area contributed by atoms with Crippen molar-refractivity contribution in [1.82, 2.24) is 0 Å². The zero-order valence-electron chi connectivity index (χ0n) is 15.2.